The van der Waals surface area contributed by atoms with Gasteiger partial charge in [-0.1, -0.05) is 11.8 Å². The standard InChI is InChI=1S/C28H30F6N6O4S/c1-15-9-17(11-18(10-15)44-28(32,33)34)23-20(14-40-6-2-3-21(40)27(29,30)31)45-26(37-23)38-24(41)19-12-36-22(13-35-19)39-7-4-16(5-8-39)25(42)43/h9-13,16,21,26,37H,2-8,14H2,1H3,(H,38,41)(H,42,43). The molecule has 2 fully saturated rings. The second kappa shape index (κ2) is 12.9. The summed E-state index contributed by atoms with van der Waals surface area (Å²) in [4.78, 5) is 36.3. The van der Waals surface area contributed by atoms with Crippen LogP contribution in [0.5, 0.6) is 5.75 Å². The maximum absolute atomic E-state index is 13.7. The molecule has 3 N–H and O–H groups in total. The van der Waals surface area contributed by atoms with Crippen molar-refractivity contribution in [1.29, 1.82) is 0 Å². The summed E-state index contributed by atoms with van der Waals surface area (Å²) in [5.74, 6) is -1.90. The zero-order valence-corrected chi connectivity index (χ0v) is 24.7. The molecule has 3 aliphatic heterocycles. The minimum atomic E-state index is -4.95. The number of thioether (sulfide) groups is 1. The van der Waals surface area contributed by atoms with E-state index in [4.69, 9.17) is 0 Å². The van der Waals surface area contributed by atoms with Gasteiger partial charge in [-0.15, -0.1) is 13.2 Å². The number of piperidine rings is 1. The number of halogens is 6. The molecule has 2 unspecified atom stereocenters. The third kappa shape index (κ3) is 8.11. The van der Waals surface area contributed by atoms with Gasteiger partial charge in [0.05, 0.1) is 24.0 Å². The molecule has 1 amide bonds. The molecule has 2 aromatic rings. The van der Waals surface area contributed by atoms with E-state index in [0.717, 1.165) is 17.8 Å². The van der Waals surface area contributed by atoms with Gasteiger partial charge >= 0.3 is 18.5 Å². The van der Waals surface area contributed by atoms with Crippen LogP contribution < -0.4 is 20.3 Å². The van der Waals surface area contributed by atoms with Crippen molar-refractivity contribution < 1.29 is 45.8 Å². The quantitative estimate of drug-likeness (QED) is 0.343. The van der Waals surface area contributed by atoms with Crippen molar-refractivity contribution in [3.05, 3.63) is 52.3 Å². The van der Waals surface area contributed by atoms with Crippen LogP contribution in [-0.2, 0) is 4.79 Å². The van der Waals surface area contributed by atoms with E-state index >= 15 is 0 Å². The Balaban J connectivity index is 1.32. The lowest BCUT2D eigenvalue weighted by molar-refractivity contribution is -0.274. The zero-order chi connectivity index (χ0) is 32.5. The summed E-state index contributed by atoms with van der Waals surface area (Å²) in [5, 5.41) is 14.9. The van der Waals surface area contributed by atoms with Crippen LogP contribution in [0.1, 0.15) is 47.3 Å². The molecular formula is C28H30F6N6O4S. The van der Waals surface area contributed by atoms with E-state index in [-0.39, 0.29) is 36.5 Å². The molecule has 2 saturated heterocycles. The summed E-state index contributed by atoms with van der Waals surface area (Å²) < 4.78 is 84.1. The number of benzene rings is 1. The molecule has 244 valence electrons. The van der Waals surface area contributed by atoms with Gasteiger partial charge in [0.25, 0.3) is 5.91 Å². The molecule has 0 radical (unpaired) electrons. The highest BCUT2D eigenvalue weighted by Gasteiger charge is 2.46. The molecule has 0 aliphatic carbocycles. The normalized spacial score (nSPS) is 21.6. The van der Waals surface area contributed by atoms with Crippen LogP contribution in [0.4, 0.5) is 32.2 Å². The van der Waals surface area contributed by atoms with Crippen molar-refractivity contribution in [3.8, 4) is 5.75 Å². The molecule has 5 rings (SSSR count). The summed E-state index contributed by atoms with van der Waals surface area (Å²) in [6.45, 7) is 2.55. The minimum absolute atomic E-state index is 0.0373. The molecule has 0 bridgehead atoms. The Morgan fingerprint density at radius 1 is 1.07 bits per heavy atom. The maximum Gasteiger partial charge on any atom is 0.573 e. The largest absolute Gasteiger partial charge is 0.573 e. The summed E-state index contributed by atoms with van der Waals surface area (Å²) in [6, 6.07) is 2.24. The molecule has 0 saturated carbocycles. The van der Waals surface area contributed by atoms with Gasteiger partial charge in [0.2, 0.25) is 0 Å². The number of carboxylic acids is 1. The summed E-state index contributed by atoms with van der Waals surface area (Å²) >= 11 is 1.05. The monoisotopic (exact) mass is 660 g/mol. The van der Waals surface area contributed by atoms with Crippen molar-refractivity contribution in [2.75, 3.05) is 31.1 Å². The number of hydrogen-bond acceptors (Lipinski definition) is 9. The van der Waals surface area contributed by atoms with Crippen LogP contribution in [-0.4, -0.2) is 82.1 Å². The predicted molar refractivity (Wildman–Crippen MR) is 152 cm³/mol. The molecular weight excluding hydrogens is 630 g/mol. The number of aliphatic carboxylic acids is 1. The van der Waals surface area contributed by atoms with Crippen LogP contribution in [0.15, 0.2) is 35.5 Å². The van der Waals surface area contributed by atoms with E-state index in [1.165, 1.54) is 23.4 Å². The van der Waals surface area contributed by atoms with Crippen LogP contribution >= 0.6 is 11.8 Å². The molecule has 10 nitrogen and oxygen atoms in total. The molecule has 2 atom stereocenters. The number of aromatic nitrogens is 2. The third-order valence-electron chi connectivity index (χ3n) is 7.78. The smallest absolute Gasteiger partial charge is 0.481 e. The number of hydrogen-bond donors (Lipinski definition) is 3. The third-order valence-corrected chi connectivity index (χ3v) is 8.87. The van der Waals surface area contributed by atoms with Crippen LogP contribution in [0.3, 0.4) is 0 Å². The molecule has 3 aliphatic rings. The van der Waals surface area contributed by atoms with Gasteiger partial charge in [0, 0.05) is 30.1 Å². The highest BCUT2D eigenvalue weighted by Crippen LogP contribution is 2.40. The van der Waals surface area contributed by atoms with E-state index in [9.17, 15) is 41.0 Å². The van der Waals surface area contributed by atoms with Gasteiger partial charge in [0.1, 0.15) is 23.3 Å². The van der Waals surface area contributed by atoms with Crippen LogP contribution in [0.2, 0.25) is 0 Å². The maximum atomic E-state index is 13.7. The Labute approximate surface area is 258 Å². The van der Waals surface area contributed by atoms with E-state index in [1.807, 2.05) is 4.90 Å². The number of carboxylic acid groups (broad SMARTS) is 1. The summed E-state index contributed by atoms with van der Waals surface area (Å²) in [7, 11) is 0. The average molecular weight is 661 g/mol. The SMILES string of the molecule is Cc1cc(OC(F)(F)F)cc(C2=C(CN3CCCC3C(F)(F)F)SC(NC(=O)c3cnc(N4CCC(C(=O)O)CC4)cn3)N2)c1. The molecule has 17 heteroatoms. The fraction of sp³-hybridized carbons (Fsp3) is 0.500. The number of anilines is 1. The lowest BCUT2D eigenvalue weighted by Crippen LogP contribution is -2.41. The number of rotatable bonds is 8. The van der Waals surface area contributed by atoms with Crippen LogP contribution in [0.25, 0.3) is 5.70 Å². The van der Waals surface area contributed by atoms with Gasteiger partial charge in [-0.3, -0.25) is 14.5 Å². The molecule has 0 spiro atoms. The Bertz CT molecular complexity index is 1450. The molecule has 45 heavy (non-hydrogen) atoms. The first-order valence-corrected chi connectivity index (χ1v) is 15.0. The number of alkyl halides is 6. The number of nitrogens with zero attached hydrogens (tertiary/aromatic N) is 4. The first-order chi connectivity index (χ1) is 21.2. The van der Waals surface area contributed by atoms with Gasteiger partial charge in [-0.05, 0) is 62.9 Å². The average Bonchev–Trinajstić information content (AvgIpc) is 3.59. The van der Waals surface area contributed by atoms with E-state index in [2.05, 4.69) is 25.3 Å². The van der Waals surface area contributed by atoms with Crippen molar-refractivity contribution in [1.82, 2.24) is 25.5 Å². The van der Waals surface area contributed by atoms with Gasteiger partial charge in [0.15, 0.2) is 5.50 Å². The van der Waals surface area contributed by atoms with Crippen LogP contribution in [0, 0.1) is 12.8 Å². The fourth-order valence-corrected chi connectivity index (χ4v) is 6.84. The Kier molecular flexibility index (Phi) is 9.39. The van der Waals surface area contributed by atoms with Gasteiger partial charge < -0.3 is 25.4 Å². The molecule has 4 heterocycles. The highest BCUT2D eigenvalue weighted by atomic mass is 32.2. The number of aryl methyl sites for hydroxylation is 1. The van der Waals surface area contributed by atoms with Crippen molar-refractivity contribution in [3.63, 3.8) is 0 Å². The fourth-order valence-electron chi connectivity index (χ4n) is 5.67. The lowest BCUT2D eigenvalue weighted by atomic mass is 9.97. The Morgan fingerprint density at radius 3 is 2.42 bits per heavy atom. The van der Waals surface area contributed by atoms with Crippen molar-refractivity contribution >= 4 is 35.2 Å². The topological polar surface area (TPSA) is 120 Å². The number of nitrogens with one attached hydrogen (secondary N) is 2. The molecule has 1 aromatic carbocycles. The van der Waals surface area contributed by atoms with Gasteiger partial charge in [-0.25, -0.2) is 9.97 Å². The number of carbonyl (C=O) groups is 2. The summed E-state index contributed by atoms with van der Waals surface area (Å²) in [5.41, 5.74) is 0.0463. The zero-order valence-electron chi connectivity index (χ0n) is 23.9. The van der Waals surface area contributed by atoms with E-state index in [0.29, 0.717) is 48.6 Å². The van der Waals surface area contributed by atoms with Gasteiger partial charge in [-0.2, -0.15) is 13.2 Å². The second-order valence-corrected chi connectivity index (χ2v) is 12.2. The number of ether oxygens (including phenoxy) is 1. The van der Waals surface area contributed by atoms with E-state index < -0.39 is 47.6 Å². The molecule has 1 aromatic heterocycles. The minimum Gasteiger partial charge on any atom is -0.481 e. The van der Waals surface area contributed by atoms with E-state index in [1.54, 1.807) is 13.0 Å². The number of likely N-dealkylation sites (tertiary alicyclic amines) is 1. The predicted octanol–water partition coefficient (Wildman–Crippen LogP) is 4.73. The Morgan fingerprint density at radius 2 is 1.80 bits per heavy atom. The van der Waals surface area contributed by atoms with Crippen molar-refractivity contribution in [2.45, 2.75) is 56.7 Å². The number of carbonyl (C=O) groups excluding carboxylic acids is 1. The first kappa shape index (κ1) is 32.7. The first-order valence-electron chi connectivity index (χ1n) is 14.1. The lowest BCUT2D eigenvalue weighted by Gasteiger charge is -2.30. The van der Waals surface area contributed by atoms with Crippen molar-refractivity contribution in [2.24, 2.45) is 5.92 Å². The summed E-state index contributed by atoms with van der Waals surface area (Å²) in [6.07, 6.45) is -5.55. The number of amides is 1. The highest BCUT2D eigenvalue weighted by molar-refractivity contribution is 8.04. The second-order valence-electron chi connectivity index (χ2n) is 11.0. The Hall–Kier alpha value is -3.73.